The SMILES string of the molecule is OCc1cc(Cl)nc2cnc(Cl)nc12. The van der Waals surface area contributed by atoms with Gasteiger partial charge >= 0.3 is 0 Å². The van der Waals surface area contributed by atoms with Crippen molar-refractivity contribution in [3.05, 3.63) is 28.3 Å². The molecular formula is C8H5Cl2N3O. The molecule has 2 heterocycles. The lowest BCUT2D eigenvalue weighted by molar-refractivity contribution is 0.283. The third kappa shape index (κ3) is 1.64. The van der Waals surface area contributed by atoms with Gasteiger partial charge in [0.25, 0.3) is 0 Å². The number of aromatic nitrogens is 3. The zero-order valence-electron chi connectivity index (χ0n) is 6.91. The molecule has 0 unspecified atom stereocenters. The number of fused-ring (bicyclic) bond motifs is 1. The van der Waals surface area contributed by atoms with Crippen LogP contribution in [-0.4, -0.2) is 20.1 Å². The first kappa shape index (κ1) is 9.58. The number of aliphatic hydroxyl groups excluding tert-OH is 1. The maximum atomic E-state index is 9.06. The normalized spacial score (nSPS) is 10.8. The van der Waals surface area contributed by atoms with Gasteiger partial charge in [-0.15, -0.1) is 0 Å². The second-order valence-electron chi connectivity index (χ2n) is 2.64. The minimum Gasteiger partial charge on any atom is -0.392 e. The van der Waals surface area contributed by atoms with Crippen LogP contribution >= 0.6 is 23.2 Å². The van der Waals surface area contributed by atoms with E-state index in [4.69, 9.17) is 28.3 Å². The molecule has 14 heavy (non-hydrogen) atoms. The number of pyridine rings is 1. The topological polar surface area (TPSA) is 58.9 Å². The summed E-state index contributed by atoms with van der Waals surface area (Å²) in [4.78, 5) is 11.7. The van der Waals surface area contributed by atoms with Crippen LogP contribution in [0, 0.1) is 0 Å². The Balaban J connectivity index is 2.81. The maximum Gasteiger partial charge on any atom is 0.223 e. The van der Waals surface area contributed by atoms with Gasteiger partial charge in [-0.05, 0) is 17.7 Å². The van der Waals surface area contributed by atoms with Crippen molar-refractivity contribution in [3.63, 3.8) is 0 Å². The number of aliphatic hydroxyl groups is 1. The Kier molecular flexibility index (Phi) is 2.50. The van der Waals surface area contributed by atoms with Crippen LogP contribution in [0.25, 0.3) is 11.0 Å². The van der Waals surface area contributed by atoms with E-state index in [1.807, 2.05) is 0 Å². The first-order valence-corrected chi connectivity index (χ1v) is 4.55. The van der Waals surface area contributed by atoms with Gasteiger partial charge in [-0.3, -0.25) is 0 Å². The average Bonchev–Trinajstić information content (AvgIpc) is 2.17. The van der Waals surface area contributed by atoms with E-state index in [9.17, 15) is 0 Å². The first-order valence-electron chi connectivity index (χ1n) is 3.79. The Morgan fingerprint density at radius 3 is 2.79 bits per heavy atom. The highest BCUT2D eigenvalue weighted by Crippen LogP contribution is 2.19. The number of hydrogen-bond acceptors (Lipinski definition) is 4. The van der Waals surface area contributed by atoms with E-state index in [0.717, 1.165) is 0 Å². The van der Waals surface area contributed by atoms with Gasteiger partial charge in [0.15, 0.2) is 0 Å². The van der Waals surface area contributed by atoms with Crippen LogP contribution < -0.4 is 0 Å². The molecule has 0 atom stereocenters. The fraction of sp³-hybridized carbons (Fsp3) is 0.125. The summed E-state index contributed by atoms with van der Waals surface area (Å²) < 4.78 is 0. The van der Waals surface area contributed by atoms with Gasteiger partial charge in [0.05, 0.1) is 18.3 Å². The molecule has 0 aliphatic rings. The Hall–Kier alpha value is -0.970. The highest BCUT2D eigenvalue weighted by Gasteiger charge is 2.06. The molecule has 72 valence electrons. The van der Waals surface area contributed by atoms with Crippen molar-refractivity contribution in [1.29, 1.82) is 0 Å². The summed E-state index contributed by atoms with van der Waals surface area (Å²) in [5.74, 6) is 0. The minimum absolute atomic E-state index is 0.122. The average molecular weight is 230 g/mol. The molecule has 0 bridgehead atoms. The van der Waals surface area contributed by atoms with Crippen LogP contribution in [0.15, 0.2) is 12.3 Å². The van der Waals surface area contributed by atoms with Gasteiger partial charge in [-0.1, -0.05) is 11.6 Å². The minimum atomic E-state index is -0.161. The van der Waals surface area contributed by atoms with E-state index >= 15 is 0 Å². The van der Waals surface area contributed by atoms with Gasteiger partial charge < -0.3 is 5.11 Å². The Morgan fingerprint density at radius 2 is 2.07 bits per heavy atom. The summed E-state index contributed by atoms with van der Waals surface area (Å²) >= 11 is 11.4. The van der Waals surface area contributed by atoms with Gasteiger partial charge in [0.1, 0.15) is 10.7 Å². The number of rotatable bonds is 1. The van der Waals surface area contributed by atoms with E-state index in [-0.39, 0.29) is 11.9 Å². The van der Waals surface area contributed by atoms with Gasteiger partial charge in [-0.2, -0.15) is 0 Å². The molecule has 6 heteroatoms. The Morgan fingerprint density at radius 1 is 1.29 bits per heavy atom. The highest BCUT2D eigenvalue weighted by molar-refractivity contribution is 6.30. The van der Waals surface area contributed by atoms with Crippen molar-refractivity contribution in [2.45, 2.75) is 6.61 Å². The summed E-state index contributed by atoms with van der Waals surface area (Å²) in [5.41, 5.74) is 1.63. The van der Waals surface area contributed by atoms with Crippen molar-refractivity contribution in [1.82, 2.24) is 15.0 Å². The molecule has 4 nitrogen and oxygen atoms in total. The molecule has 0 amide bonds. The molecule has 2 rings (SSSR count). The standard InChI is InChI=1S/C8H5Cl2N3O/c9-6-1-4(3-14)7-5(12-6)2-11-8(10)13-7/h1-2,14H,3H2. The molecule has 2 aromatic heterocycles. The summed E-state index contributed by atoms with van der Waals surface area (Å²) in [6.07, 6.45) is 1.47. The van der Waals surface area contributed by atoms with E-state index < -0.39 is 0 Å². The summed E-state index contributed by atoms with van der Waals surface area (Å²) in [7, 11) is 0. The molecule has 0 aliphatic heterocycles. The van der Waals surface area contributed by atoms with Crippen LogP contribution in [0.1, 0.15) is 5.56 Å². The Bertz CT molecular complexity index is 489. The zero-order valence-corrected chi connectivity index (χ0v) is 8.42. The molecule has 0 spiro atoms. The van der Waals surface area contributed by atoms with Gasteiger partial charge in [-0.25, -0.2) is 15.0 Å². The third-order valence-corrected chi connectivity index (χ3v) is 2.11. The van der Waals surface area contributed by atoms with Crippen molar-refractivity contribution in [2.24, 2.45) is 0 Å². The first-order chi connectivity index (χ1) is 6.70. The molecule has 0 saturated carbocycles. The van der Waals surface area contributed by atoms with Crippen molar-refractivity contribution in [2.75, 3.05) is 0 Å². The predicted octanol–water partition coefficient (Wildman–Crippen LogP) is 1.82. The number of halogens is 2. The van der Waals surface area contributed by atoms with Gasteiger partial charge in [0.2, 0.25) is 5.28 Å². The number of hydrogen-bond donors (Lipinski definition) is 1. The molecule has 0 aromatic carbocycles. The summed E-state index contributed by atoms with van der Waals surface area (Å²) in [5, 5.41) is 9.48. The Labute approximate surface area is 89.5 Å². The molecule has 0 aliphatic carbocycles. The van der Waals surface area contributed by atoms with E-state index in [1.165, 1.54) is 6.20 Å². The van der Waals surface area contributed by atoms with Gasteiger partial charge in [0, 0.05) is 5.56 Å². The maximum absolute atomic E-state index is 9.06. The lowest BCUT2D eigenvalue weighted by atomic mass is 10.2. The lowest BCUT2D eigenvalue weighted by Gasteiger charge is -2.02. The number of nitrogens with zero attached hydrogens (tertiary/aromatic N) is 3. The predicted molar refractivity (Wildman–Crippen MR) is 53.3 cm³/mol. The quantitative estimate of drug-likeness (QED) is 0.599. The van der Waals surface area contributed by atoms with E-state index in [1.54, 1.807) is 6.07 Å². The molecule has 0 fully saturated rings. The van der Waals surface area contributed by atoms with Crippen LogP contribution in [0.3, 0.4) is 0 Å². The monoisotopic (exact) mass is 229 g/mol. The fourth-order valence-electron chi connectivity index (χ4n) is 1.15. The van der Waals surface area contributed by atoms with Crippen molar-refractivity contribution in [3.8, 4) is 0 Å². The second kappa shape index (κ2) is 3.65. The molecule has 1 N–H and O–H groups in total. The highest BCUT2D eigenvalue weighted by atomic mass is 35.5. The molecule has 0 saturated heterocycles. The van der Waals surface area contributed by atoms with Crippen LogP contribution in [0.2, 0.25) is 10.4 Å². The van der Waals surface area contributed by atoms with Crippen LogP contribution in [-0.2, 0) is 6.61 Å². The smallest absolute Gasteiger partial charge is 0.223 e. The van der Waals surface area contributed by atoms with Crippen molar-refractivity contribution >= 4 is 34.2 Å². The zero-order chi connectivity index (χ0) is 10.1. The van der Waals surface area contributed by atoms with E-state index in [2.05, 4.69) is 15.0 Å². The summed E-state index contributed by atoms with van der Waals surface area (Å²) in [6.45, 7) is -0.161. The van der Waals surface area contributed by atoms with Crippen molar-refractivity contribution < 1.29 is 5.11 Å². The largest absolute Gasteiger partial charge is 0.392 e. The van der Waals surface area contributed by atoms with E-state index in [0.29, 0.717) is 21.7 Å². The molecule has 0 radical (unpaired) electrons. The third-order valence-electron chi connectivity index (χ3n) is 1.74. The molecular weight excluding hydrogens is 225 g/mol. The summed E-state index contributed by atoms with van der Waals surface area (Å²) in [6, 6.07) is 1.55. The molecule has 2 aromatic rings. The van der Waals surface area contributed by atoms with Crippen LogP contribution in [0.5, 0.6) is 0 Å². The second-order valence-corrected chi connectivity index (χ2v) is 3.36. The fourth-order valence-corrected chi connectivity index (χ4v) is 1.51. The van der Waals surface area contributed by atoms with Crippen LogP contribution in [0.4, 0.5) is 0 Å². The lowest BCUT2D eigenvalue weighted by Crippen LogP contribution is -1.94.